The van der Waals surface area contributed by atoms with E-state index in [0.717, 1.165) is 12.8 Å². The van der Waals surface area contributed by atoms with E-state index in [1.165, 1.54) is 11.8 Å². The van der Waals surface area contributed by atoms with Gasteiger partial charge in [-0.3, -0.25) is 4.90 Å². The van der Waals surface area contributed by atoms with Crippen LogP contribution in [-0.2, 0) is 0 Å². The van der Waals surface area contributed by atoms with Crippen LogP contribution < -0.4 is 0 Å². The van der Waals surface area contributed by atoms with Crippen molar-refractivity contribution >= 4 is 0 Å². The Bertz CT molecular complexity index is 143. The van der Waals surface area contributed by atoms with Gasteiger partial charge in [0.15, 0.2) is 0 Å². The molecule has 1 atom stereocenters. The average molecular weight is 181 g/mol. The second kappa shape index (κ2) is 3.64. The van der Waals surface area contributed by atoms with Crippen LogP contribution in [-0.4, -0.2) is 30.2 Å². The Hall–Kier alpha value is -0.250. The van der Waals surface area contributed by atoms with E-state index in [9.17, 15) is 13.2 Å². The molecule has 0 aliphatic carbocycles. The topological polar surface area (TPSA) is 3.24 Å². The van der Waals surface area contributed by atoms with Gasteiger partial charge in [0, 0.05) is 19.5 Å². The van der Waals surface area contributed by atoms with E-state index in [4.69, 9.17) is 0 Å². The number of likely N-dealkylation sites (tertiary alicyclic amines) is 1. The third kappa shape index (κ3) is 1.91. The van der Waals surface area contributed by atoms with Crippen LogP contribution in [0.2, 0.25) is 0 Å². The zero-order chi connectivity index (χ0) is 9.19. The standard InChI is InChI=1S/C8H14F3N/c1-2-8(10,11)7(9)12-5-3-4-6-12/h7H,2-6H2,1H3. The highest BCUT2D eigenvalue weighted by molar-refractivity contribution is 4.79. The summed E-state index contributed by atoms with van der Waals surface area (Å²) in [7, 11) is 0. The van der Waals surface area contributed by atoms with Gasteiger partial charge in [-0.05, 0) is 12.8 Å². The summed E-state index contributed by atoms with van der Waals surface area (Å²) in [5, 5.41) is 0. The van der Waals surface area contributed by atoms with E-state index in [2.05, 4.69) is 0 Å². The summed E-state index contributed by atoms with van der Waals surface area (Å²) in [5.41, 5.74) is 0. The number of nitrogens with zero attached hydrogens (tertiary/aromatic N) is 1. The third-order valence-corrected chi connectivity index (χ3v) is 2.28. The van der Waals surface area contributed by atoms with Crippen molar-refractivity contribution in [1.82, 2.24) is 4.90 Å². The first-order chi connectivity index (χ1) is 5.58. The summed E-state index contributed by atoms with van der Waals surface area (Å²) in [4.78, 5) is 1.23. The van der Waals surface area contributed by atoms with Gasteiger partial charge in [-0.2, -0.15) is 0 Å². The Morgan fingerprint density at radius 3 is 2.25 bits per heavy atom. The van der Waals surface area contributed by atoms with Gasteiger partial charge in [-0.1, -0.05) is 6.92 Å². The van der Waals surface area contributed by atoms with Gasteiger partial charge in [-0.15, -0.1) is 0 Å². The summed E-state index contributed by atoms with van der Waals surface area (Å²) < 4.78 is 38.6. The molecule has 1 saturated heterocycles. The molecule has 0 aromatic rings. The normalized spacial score (nSPS) is 23.0. The van der Waals surface area contributed by atoms with E-state index in [-0.39, 0.29) is 0 Å². The Balaban J connectivity index is 2.50. The van der Waals surface area contributed by atoms with E-state index >= 15 is 0 Å². The molecular formula is C8H14F3N. The van der Waals surface area contributed by atoms with Crippen molar-refractivity contribution in [3.63, 3.8) is 0 Å². The molecule has 1 unspecified atom stereocenters. The fourth-order valence-electron chi connectivity index (χ4n) is 1.40. The number of hydrogen-bond donors (Lipinski definition) is 0. The number of halogens is 3. The highest BCUT2D eigenvalue weighted by atomic mass is 19.3. The van der Waals surface area contributed by atoms with Crippen molar-refractivity contribution in [2.45, 2.75) is 38.4 Å². The monoisotopic (exact) mass is 181 g/mol. The fraction of sp³-hybridized carbons (Fsp3) is 1.00. The van der Waals surface area contributed by atoms with Crippen LogP contribution in [0.15, 0.2) is 0 Å². The second-order valence-corrected chi connectivity index (χ2v) is 3.19. The molecule has 1 rings (SSSR count). The molecule has 1 fully saturated rings. The van der Waals surface area contributed by atoms with Crippen LogP contribution in [0.5, 0.6) is 0 Å². The van der Waals surface area contributed by atoms with Gasteiger partial charge in [0.1, 0.15) is 0 Å². The third-order valence-electron chi connectivity index (χ3n) is 2.28. The predicted molar refractivity (Wildman–Crippen MR) is 40.9 cm³/mol. The summed E-state index contributed by atoms with van der Waals surface area (Å²) in [6.07, 6.45) is -0.838. The van der Waals surface area contributed by atoms with Gasteiger partial charge >= 0.3 is 0 Å². The lowest BCUT2D eigenvalue weighted by Crippen LogP contribution is -2.43. The number of alkyl halides is 3. The van der Waals surface area contributed by atoms with Crippen LogP contribution in [0.25, 0.3) is 0 Å². The Morgan fingerprint density at radius 2 is 1.83 bits per heavy atom. The molecule has 0 aromatic heterocycles. The maximum Gasteiger partial charge on any atom is 0.291 e. The zero-order valence-electron chi connectivity index (χ0n) is 7.19. The van der Waals surface area contributed by atoms with Crippen molar-refractivity contribution < 1.29 is 13.2 Å². The van der Waals surface area contributed by atoms with Crippen LogP contribution in [0.1, 0.15) is 26.2 Å². The lowest BCUT2D eigenvalue weighted by atomic mass is 10.2. The van der Waals surface area contributed by atoms with Gasteiger partial charge in [0.2, 0.25) is 6.30 Å². The molecule has 0 radical (unpaired) electrons. The first-order valence-corrected chi connectivity index (χ1v) is 4.34. The SMILES string of the molecule is CCC(F)(F)C(F)N1CCCC1. The van der Waals surface area contributed by atoms with E-state index < -0.39 is 18.6 Å². The minimum Gasteiger partial charge on any atom is -0.269 e. The Morgan fingerprint density at radius 1 is 1.33 bits per heavy atom. The molecule has 4 heteroatoms. The van der Waals surface area contributed by atoms with Crippen molar-refractivity contribution in [3.05, 3.63) is 0 Å². The molecule has 1 nitrogen and oxygen atoms in total. The molecule has 72 valence electrons. The molecule has 1 aliphatic heterocycles. The molecule has 1 aliphatic rings. The summed E-state index contributed by atoms with van der Waals surface area (Å²) in [5.74, 6) is -3.18. The van der Waals surface area contributed by atoms with Crippen molar-refractivity contribution in [1.29, 1.82) is 0 Å². The molecule has 0 spiro atoms. The quantitative estimate of drug-likeness (QED) is 0.604. The van der Waals surface area contributed by atoms with Gasteiger partial charge in [0.05, 0.1) is 0 Å². The van der Waals surface area contributed by atoms with E-state index in [1.807, 2.05) is 0 Å². The largest absolute Gasteiger partial charge is 0.291 e. The van der Waals surface area contributed by atoms with Gasteiger partial charge < -0.3 is 0 Å². The molecule has 0 saturated carbocycles. The van der Waals surface area contributed by atoms with Gasteiger partial charge in [-0.25, -0.2) is 13.2 Å². The first-order valence-electron chi connectivity index (χ1n) is 4.34. The number of hydrogen-bond acceptors (Lipinski definition) is 1. The summed E-state index contributed by atoms with van der Waals surface area (Å²) in [6, 6.07) is 0. The molecule has 12 heavy (non-hydrogen) atoms. The highest BCUT2D eigenvalue weighted by Gasteiger charge is 2.42. The van der Waals surface area contributed by atoms with Crippen molar-refractivity contribution in [2.24, 2.45) is 0 Å². The lowest BCUT2D eigenvalue weighted by Gasteiger charge is -2.26. The molecular weight excluding hydrogens is 167 g/mol. The van der Waals surface area contributed by atoms with E-state index in [1.54, 1.807) is 0 Å². The molecule has 0 N–H and O–H groups in total. The minimum absolute atomic E-state index is 0.426. The maximum absolute atomic E-state index is 13.1. The molecule has 0 bridgehead atoms. The van der Waals surface area contributed by atoms with Crippen molar-refractivity contribution in [2.75, 3.05) is 13.1 Å². The summed E-state index contributed by atoms with van der Waals surface area (Å²) in [6.45, 7) is 2.25. The summed E-state index contributed by atoms with van der Waals surface area (Å²) >= 11 is 0. The Labute approximate surface area is 70.5 Å². The van der Waals surface area contributed by atoms with E-state index in [0.29, 0.717) is 13.1 Å². The van der Waals surface area contributed by atoms with Crippen LogP contribution in [0, 0.1) is 0 Å². The zero-order valence-corrected chi connectivity index (χ0v) is 7.19. The predicted octanol–water partition coefficient (Wildman–Crippen LogP) is 2.42. The molecule has 0 aromatic carbocycles. The van der Waals surface area contributed by atoms with Crippen LogP contribution in [0.4, 0.5) is 13.2 Å². The van der Waals surface area contributed by atoms with Crippen molar-refractivity contribution in [3.8, 4) is 0 Å². The van der Waals surface area contributed by atoms with Gasteiger partial charge in [0.25, 0.3) is 5.92 Å². The highest BCUT2D eigenvalue weighted by Crippen LogP contribution is 2.29. The molecule has 1 heterocycles. The average Bonchev–Trinajstić information content (AvgIpc) is 2.55. The van der Waals surface area contributed by atoms with Crippen LogP contribution in [0.3, 0.4) is 0 Å². The lowest BCUT2D eigenvalue weighted by molar-refractivity contribution is -0.133. The Kier molecular flexibility index (Phi) is 2.99. The second-order valence-electron chi connectivity index (χ2n) is 3.19. The van der Waals surface area contributed by atoms with Crippen LogP contribution >= 0.6 is 0 Å². The molecule has 0 amide bonds. The number of rotatable bonds is 3. The minimum atomic E-state index is -3.18. The smallest absolute Gasteiger partial charge is 0.269 e. The maximum atomic E-state index is 13.1. The first kappa shape index (κ1) is 9.84. The fourth-order valence-corrected chi connectivity index (χ4v) is 1.40.